The quantitative estimate of drug-likeness (QED) is 0.708. The molecule has 18 heavy (non-hydrogen) atoms. The molecule has 0 spiro atoms. The topological polar surface area (TPSA) is 64.9 Å². The van der Waals surface area contributed by atoms with E-state index >= 15 is 0 Å². The zero-order valence-corrected chi connectivity index (χ0v) is 10.3. The van der Waals surface area contributed by atoms with Crippen LogP contribution in [0.3, 0.4) is 0 Å². The summed E-state index contributed by atoms with van der Waals surface area (Å²) >= 11 is 0. The minimum Gasteiger partial charge on any atom is -0.454 e. The Bertz CT molecular complexity index is 711. The first kappa shape index (κ1) is 10.8. The van der Waals surface area contributed by atoms with Crippen molar-refractivity contribution in [1.29, 1.82) is 0 Å². The van der Waals surface area contributed by atoms with E-state index in [9.17, 15) is 0 Å². The number of nitrogens with zero attached hydrogens (tertiary/aromatic N) is 2. The van der Waals surface area contributed by atoms with Crippen molar-refractivity contribution < 1.29 is 4.42 Å². The predicted octanol–water partition coefficient (Wildman–Crippen LogP) is 3.09. The van der Waals surface area contributed by atoms with Crippen LogP contribution in [0.5, 0.6) is 0 Å². The second kappa shape index (κ2) is 3.84. The van der Waals surface area contributed by atoms with Gasteiger partial charge >= 0.3 is 0 Å². The Morgan fingerprint density at radius 1 is 1.06 bits per heavy atom. The molecule has 0 radical (unpaired) electrons. The molecule has 0 aliphatic heterocycles. The van der Waals surface area contributed by atoms with Gasteiger partial charge in [-0.05, 0) is 32.0 Å². The number of nitrogens with two attached hydrogens (primary N) is 1. The SMILES string of the molecule is Cc1ccc2oc(-c3cc(N)nc(C)n3)cc2c1. The number of furan rings is 1. The zero-order valence-electron chi connectivity index (χ0n) is 10.3. The Balaban J connectivity index is 2.19. The van der Waals surface area contributed by atoms with Gasteiger partial charge in [0, 0.05) is 11.5 Å². The van der Waals surface area contributed by atoms with Gasteiger partial charge in [0.2, 0.25) is 0 Å². The van der Waals surface area contributed by atoms with E-state index in [0.29, 0.717) is 23.1 Å². The minimum atomic E-state index is 0.453. The number of nitrogen functional groups attached to an aromatic ring is 1. The van der Waals surface area contributed by atoms with Gasteiger partial charge in [-0.15, -0.1) is 0 Å². The molecule has 0 aliphatic carbocycles. The molecule has 2 aromatic heterocycles. The minimum absolute atomic E-state index is 0.453. The summed E-state index contributed by atoms with van der Waals surface area (Å²) in [5, 5.41) is 1.07. The van der Waals surface area contributed by atoms with Gasteiger partial charge in [0.15, 0.2) is 5.76 Å². The molecule has 0 unspecified atom stereocenters. The van der Waals surface area contributed by atoms with Crippen LogP contribution in [-0.2, 0) is 0 Å². The molecule has 0 saturated heterocycles. The number of hydrogen-bond acceptors (Lipinski definition) is 4. The van der Waals surface area contributed by atoms with Crippen LogP contribution in [0.2, 0.25) is 0 Å². The summed E-state index contributed by atoms with van der Waals surface area (Å²) in [5.41, 5.74) is 8.49. The normalized spacial score (nSPS) is 11.0. The summed E-state index contributed by atoms with van der Waals surface area (Å²) in [4.78, 5) is 8.39. The zero-order chi connectivity index (χ0) is 12.7. The van der Waals surface area contributed by atoms with Crippen molar-refractivity contribution in [2.45, 2.75) is 13.8 Å². The molecule has 4 nitrogen and oxygen atoms in total. The number of aryl methyl sites for hydroxylation is 2. The second-order valence-corrected chi connectivity index (χ2v) is 4.38. The maximum absolute atomic E-state index is 5.77. The van der Waals surface area contributed by atoms with Crippen LogP contribution in [0.1, 0.15) is 11.4 Å². The molecule has 3 aromatic rings. The second-order valence-electron chi connectivity index (χ2n) is 4.38. The lowest BCUT2D eigenvalue weighted by molar-refractivity contribution is 0.628. The summed E-state index contributed by atoms with van der Waals surface area (Å²) in [5.74, 6) is 1.81. The highest BCUT2D eigenvalue weighted by atomic mass is 16.3. The number of anilines is 1. The van der Waals surface area contributed by atoms with Gasteiger partial charge in [0.25, 0.3) is 0 Å². The molecule has 90 valence electrons. The van der Waals surface area contributed by atoms with Crippen LogP contribution < -0.4 is 5.73 Å². The molecular formula is C14H13N3O. The number of rotatable bonds is 1. The number of benzene rings is 1. The molecule has 3 rings (SSSR count). The van der Waals surface area contributed by atoms with Crippen molar-refractivity contribution in [2.24, 2.45) is 0 Å². The number of aromatic nitrogens is 2. The molecule has 0 amide bonds. The lowest BCUT2D eigenvalue weighted by atomic mass is 10.2. The van der Waals surface area contributed by atoms with Crippen LogP contribution in [-0.4, -0.2) is 9.97 Å². The highest BCUT2D eigenvalue weighted by molar-refractivity contribution is 5.83. The van der Waals surface area contributed by atoms with Gasteiger partial charge in [-0.3, -0.25) is 0 Å². The smallest absolute Gasteiger partial charge is 0.154 e. The van der Waals surface area contributed by atoms with Crippen molar-refractivity contribution in [3.8, 4) is 11.5 Å². The van der Waals surface area contributed by atoms with Crippen LogP contribution in [0.4, 0.5) is 5.82 Å². The Morgan fingerprint density at radius 3 is 2.67 bits per heavy atom. The van der Waals surface area contributed by atoms with Gasteiger partial charge in [-0.25, -0.2) is 9.97 Å². The molecule has 0 bridgehead atoms. The fourth-order valence-corrected chi connectivity index (χ4v) is 2.01. The van der Waals surface area contributed by atoms with Gasteiger partial charge in [-0.1, -0.05) is 11.6 Å². The van der Waals surface area contributed by atoms with Crippen LogP contribution >= 0.6 is 0 Å². The molecule has 2 N–H and O–H groups in total. The van der Waals surface area contributed by atoms with E-state index in [1.807, 2.05) is 25.1 Å². The summed E-state index contributed by atoms with van der Waals surface area (Å²) < 4.78 is 5.77. The molecule has 0 saturated carbocycles. The van der Waals surface area contributed by atoms with Crippen molar-refractivity contribution in [3.63, 3.8) is 0 Å². The first-order valence-corrected chi connectivity index (χ1v) is 5.73. The molecule has 4 heteroatoms. The van der Waals surface area contributed by atoms with E-state index in [1.54, 1.807) is 6.07 Å². The van der Waals surface area contributed by atoms with Crippen LogP contribution in [0.25, 0.3) is 22.4 Å². The Morgan fingerprint density at radius 2 is 1.89 bits per heavy atom. The highest BCUT2D eigenvalue weighted by Crippen LogP contribution is 2.27. The third-order valence-electron chi connectivity index (χ3n) is 2.78. The molecule has 0 atom stereocenters. The Hall–Kier alpha value is -2.36. The first-order valence-electron chi connectivity index (χ1n) is 5.73. The molecule has 2 heterocycles. The van der Waals surface area contributed by atoms with Gasteiger partial charge in [0.05, 0.1) is 0 Å². The van der Waals surface area contributed by atoms with Crippen molar-refractivity contribution in [2.75, 3.05) is 5.73 Å². The number of fused-ring (bicyclic) bond motifs is 1. The largest absolute Gasteiger partial charge is 0.454 e. The van der Waals surface area contributed by atoms with E-state index < -0.39 is 0 Å². The summed E-state index contributed by atoms with van der Waals surface area (Å²) in [6, 6.07) is 9.77. The molecule has 1 aromatic carbocycles. The van der Waals surface area contributed by atoms with Crippen molar-refractivity contribution in [1.82, 2.24) is 9.97 Å². The fourth-order valence-electron chi connectivity index (χ4n) is 2.01. The van der Waals surface area contributed by atoms with Crippen LogP contribution in [0.15, 0.2) is 34.7 Å². The van der Waals surface area contributed by atoms with Crippen molar-refractivity contribution >= 4 is 16.8 Å². The maximum Gasteiger partial charge on any atom is 0.154 e. The average molecular weight is 239 g/mol. The number of hydrogen-bond donors (Lipinski definition) is 1. The van der Waals surface area contributed by atoms with Gasteiger partial charge in [-0.2, -0.15) is 0 Å². The predicted molar refractivity (Wildman–Crippen MR) is 71.1 cm³/mol. The van der Waals surface area contributed by atoms with Crippen LogP contribution in [0, 0.1) is 13.8 Å². The third-order valence-corrected chi connectivity index (χ3v) is 2.78. The average Bonchev–Trinajstić information content (AvgIpc) is 2.70. The molecule has 0 fully saturated rings. The lowest BCUT2D eigenvalue weighted by Gasteiger charge is -1.99. The standard InChI is InChI=1S/C14H13N3O/c1-8-3-4-12-10(5-8)6-13(18-12)11-7-14(15)17-9(2)16-11/h3-7H,1-2H3,(H2,15,16,17). The monoisotopic (exact) mass is 239 g/mol. The van der Waals surface area contributed by atoms with E-state index in [-0.39, 0.29) is 0 Å². The van der Waals surface area contributed by atoms with E-state index in [2.05, 4.69) is 23.0 Å². The van der Waals surface area contributed by atoms with E-state index in [0.717, 1.165) is 11.0 Å². The van der Waals surface area contributed by atoms with Crippen molar-refractivity contribution in [3.05, 3.63) is 41.7 Å². The Kier molecular flexibility index (Phi) is 2.30. The molecule has 0 aliphatic rings. The maximum atomic E-state index is 5.77. The van der Waals surface area contributed by atoms with E-state index in [1.165, 1.54) is 5.56 Å². The summed E-state index contributed by atoms with van der Waals surface area (Å²) in [6.45, 7) is 3.87. The van der Waals surface area contributed by atoms with E-state index in [4.69, 9.17) is 10.2 Å². The first-order chi connectivity index (χ1) is 8.61. The Labute approximate surface area is 104 Å². The third kappa shape index (κ3) is 1.82. The van der Waals surface area contributed by atoms with Gasteiger partial charge < -0.3 is 10.2 Å². The van der Waals surface area contributed by atoms with Gasteiger partial charge in [0.1, 0.15) is 22.9 Å². The summed E-state index contributed by atoms with van der Waals surface area (Å²) in [7, 11) is 0. The highest BCUT2D eigenvalue weighted by Gasteiger charge is 2.09. The summed E-state index contributed by atoms with van der Waals surface area (Å²) in [6.07, 6.45) is 0. The lowest BCUT2D eigenvalue weighted by Crippen LogP contribution is -1.96. The molecular weight excluding hydrogens is 226 g/mol. The fraction of sp³-hybridized carbons (Fsp3) is 0.143.